The molecule has 388 valence electrons. The molecule has 2 amide bonds. The summed E-state index contributed by atoms with van der Waals surface area (Å²) in [5.41, 5.74) is 0.177. The monoisotopic (exact) mass is 1060 g/mol. The minimum Gasteiger partial charge on any atom is -0.382 e. The molecule has 23 nitrogen and oxygen atoms in total. The maximum Gasteiger partial charge on any atom is 0.335 e. The van der Waals surface area contributed by atoms with E-state index < -0.39 is 90.4 Å². The largest absolute Gasteiger partial charge is 0.382 e. The fraction of sp³-hybridized carbons (Fsp3) is 0.535. The zero-order valence-electron chi connectivity index (χ0n) is 38.7. The van der Waals surface area contributed by atoms with Gasteiger partial charge in [-0.15, -0.1) is 5.06 Å². The second kappa shape index (κ2) is 23.4. The highest BCUT2D eigenvalue weighted by Crippen LogP contribution is 2.51. The molecule has 0 aromatic heterocycles. The first-order chi connectivity index (χ1) is 32.7. The Labute approximate surface area is 407 Å². The van der Waals surface area contributed by atoms with Gasteiger partial charge in [-0.25, -0.2) is 4.79 Å². The van der Waals surface area contributed by atoms with Crippen molar-refractivity contribution in [2.24, 2.45) is 0 Å². The van der Waals surface area contributed by atoms with E-state index >= 15 is 0 Å². The number of methoxy groups -OCH3 is 1. The third-order valence-electron chi connectivity index (χ3n) is 12.1. The van der Waals surface area contributed by atoms with Crippen LogP contribution in [0.5, 0.6) is 0 Å². The summed E-state index contributed by atoms with van der Waals surface area (Å²) in [5, 5.41) is 0.411. The molecule has 0 spiro atoms. The molecule has 2 aromatic carbocycles. The van der Waals surface area contributed by atoms with Crippen molar-refractivity contribution in [3.05, 3.63) is 71.5 Å². The van der Waals surface area contributed by atoms with E-state index in [9.17, 15) is 66.3 Å². The van der Waals surface area contributed by atoms with Gasteiger partial charge in [0.25, 0.3) is 52.3 Å². The van der Waals surface area contributed by atoms with E-state index in [1.54, 1.807) is 36.7 Å². The quantitative estimate of drug-likeness (QED) is 0.0412. The van der Waals surface area contributed by atoms with Crippen LogP contribution in [0.2, 0.25) is 0 Å². The zero-order chi connectivity index (χ0) is 51.7. The molecule has 3 aliphatic heterocycles. The van der Waals surface area contributed by atoms with Crippen molar-refractivity contribution in [3.8, 4) is 0 Å². The van der Waals surface area contributed by atoms with Gasteiger partial charge in [-0.2, -0.15) is 38.2 Å². The van der Waals surface area contributed by atoms with Gasteiger partial charge < -0.3 is 28.7 Å². The topological polar surface area (TPSA) is 324 Å². The molecule has 1 fully saturated rings. The highest BCUT2D eigenvalue weighted by molar-refractivity contribution is 7.86. The number of carbonyl (C=O) groups is 3. The number of hydroxylamine groups is 2. The first-order valence-electron chi connectivity index (χ1n) is 21.9. The van der Waals surface area contributed by atoms with Crippen LogP contribution in [0.4, 0.5) is 11.4 Å². The normalized spacial score (nSPS) is 20.4. The van der Waals surface area contributed by atoms with E-state index in [0.717, 1.165) is 0 Å². The van der Waals surface area contributed by atoms with Gasteiger partial charge in [0.05, 0.1) is 72.8 Å². The highest BCUT2D eigenvalue weighted by Gasteiger charge is 2.49. The van der Waals surface area contributed by atoms with Crippen LogP contribution in [-0.4, -0.2) is 163 Å². The third kappa shape index (κ3) is 14.6. The lowest BCUT2D eigenvalue weighted by atomic mass is 9.75. The minimum absolute atomic E-state index is 0.00203. The molecule has 0 bridgehead atoms. The predicted molar refractivity (Wildman–Crippen MR) is 249 cm³/mol. The molecule has 0 saturated carbocycles. The van der Waals surface area contributed by atoms with Crippen molar-refractivity contribution >= 4 is 75.3 Å². The Bertz CT molecular complexity index is 2830. The standard InChI is InChI=1S/C43H57N3O20S4/c1-42(16-5-27-67(50,51)52)33-29-31(69(56,57)58)9-11-35(33)44(18-21-63-20-15-41(49)66-46-39(47)13-14-40(46)48)37(42)7-4-8-38-43(2,17-6-28-68(53,54)55)34-30-32(70(59,60)61)10-12-36(34)45(38)19-22-64-25-26-65-24-23-62-3/h4,7-12,29-30H,5-6,13-28H2,1-3H3,(H3-,50,51,52,53,54,55,56,57,58,59,60,61)/p+1. The van der Waals surface area contributed by atoms with Gasteiger partial charge in [-0.3, -0.25) is 27.8 Å². The summed E-state index contributed by atoms with van der Waals surface area (Å²) >= 11 is 0. The van der Waals surface area contributed by atoms with E-state index in [-0.39, 0.29) is 91.1 Å². The van der Waals surface area contributed by atoms with Crippen LogP contribution < -0.4 is 4.90 Å². The van der Waals surface area contributed by atoms with Crippen LogP contribution in [0.25, 0.3) is 0 Å². The lowest BCUT2D eigenvalue weighted by molar-refractivity contribution is -0.442. The maximum absolute atomic E-state index is 12.5. The summed E-state index contributed by atoms with van der Waals surface area (Å²) in [7, 11) is -16.8. The first-order valence-corrected chi connectivity index (χ1v) is 28.0. The molecule has 2 unspecified atom stereocenters. The van der Waals surface area contributed by atoms with Crippen molar-refractivity contribution in [2.45, 2.75) is 79.4 Å². The molecular formula is C43H58N3O20S4+. The molecule has 0 radical (unpaired) electrons. The first kappa shape index (κ1) is 56.4. The Balaban J connectivity index is 1.58. The molecule has 2 atom stereocenters. The molecule has 3 aliphatic rings. The number of allylic oxidation sites excluding steroid dienone is 4. The van der Waals surface area contributed by atoms with Crippen molar-refractivity contribution in [1.82, 2.24) is 5.06 Å². The smallest absolute Gasteiger partial charge is 0.335 e. The van der Waals surface area contributed by atoms with Crippen molar-refractivity contribution < 1.29 is 94.6 Å². The van der Waals surface area contributed by atoms with Crippen molar-refractivity contribution in [2.75, 3.05) is 82.9 Å². The fourth-order valence-corrected chi connectivity index (χ4v) is 10.7. The number of amides is 2. The van der Waals surface area contributed by atoms with E-state index in [1.165, 1.54) is 43.5 Å². The van der Waals surface area contributed by atoms with Crippen LogP contribution in [0, 0.1) is 0 Å². The van der Waals surface area contributed by atoms with Crippen LogP contribution >= 0.6 is 0 Å². The van der Waals surface area contributed by atoms with Gasteiger partial charge in [-0.05, 0) is 81.5 Å². The molecule has 27 heteroatoms. The number of rotatable bonds is 28. The summed E-state index contributed by atoms with van der Waals surface area (Å²) in [6.07, 6.45) is 4.26. The molecule has 70 heavy (non-hydrogen) atoms. The third-order valence-corrected chi connectivity index (χ3v) is 15.4. The summed E-state index contributed by atoms with van der Waals surface area (Å²) < 4.78 is 161. The van der Waals surface area contributed by atoms with Gasteiger partial charge in [-0.1, -0.05) is 6.08 Å². The number of ether oxygens (including phenoxy) is 4. The maximum atomic E-state index is 12.5. The van der Waals surface area contributed by atoms with Crippen LogP contribution in [0.1, 0.15) is 69.9 Å². The van der Waals surface area contributed by atoms with E-state index in [4.69, 9.17) is 23.8 Å². The van der Waals surface area contributed by atoms with Gasteiger partial charge in [0.2, 0.25) is 5.69 Å². The van der Waals surface area contributed by atoms with Crippen LogP contribution in [0.3, 0.4) is 0 Å². The second-order valence-corrected chi connectivity index (χ2v) is 23.0. The fourth-order valence-electron chi connectivity index (χ4n) is 8.68. The number of imide groups is 1. The van der Waals surface area contributed by atoms with Crippen LogP contribution in [0.15, 0.2) is 70.1 Å². The number of anilines is 1. The number of carbonyl (C=O) groups excluding carboxylic acids is 3. The average molecular weight is 1070 g/mol. The predicted octanol–water partition coefficient (Wildman–Crippen LogP) is 2.78. The van der Waals surface area contributed by atoms with Crippen LogP contribution in [-0.2, 0) is 89.5 Å². The summed E-state index contributed by atoms with van der Waals surface area (Å²) in [6, 6.07) is 7.86. The lowest BCUT2D eigenvalue weighted by Gasteiger charge is -2.30. The number of hydrogen-bond donors (Lipinski definition) is 4. The Kier molecular flexibility index (Phi) is 18.8. The SMILES string of the molecule is COCCOCCOCCN1C(=CC=CC2=[N+](CCOCCC(=O)ON3C(=O)CCC3=O)c3ccc(S(=O)(=O)O)cc3C2(C)CCCS(=O)(=O)O)C(C)(CCCS(=O)(=O)O)c2cc(S(=O)(=O)O)ccc21. The number of fused-ring (bicyclic) bond motifs is 2. The molecule has 2 aromatic rings. The molecule has 4 N–H and O–H groups in total. The molecule has 3 heterocycles. The lowest BCUT2D eigenvalue weighted by Crippen LogP contribution is -2.33. The summed E-state index contributed by atoms with van der Waals surface area (Å²) in [6.45, 7) is 4.63. The number of benzene rings is 2. The van der Waals surface area contributed by atoms with Gasteiger partial charge >= 0.3 is 5.97 Å². The van der Waals surface area contributed by atoms with E-state index in [1.807, 2.05) is 4.90 Å². The Morgan fingerprint density at radius 2 is 1.26 bits per heavy atom. The van der Waals surface area contributed by atoms with E-state index in [2.05, 4.69) is 0 Å². The zero-order valence-corrected chi connectivity index (χ0v) is 42.0. The second-order valence-electron chi connectivity index (χ2n) is 17.0. The van der Waals surface area contributed by atoms with Gasteiger partial charge in [0.15, 0.2) is 12.3 Å². The molecule has 0 aliphatic carbocycles. The molecule has 1 saturated heterocycles. The highest BCUT2D eigenvalue weighted by atomic mass is 32.2. The van der Waals surface area contributed by atoms with Gasteiger partial charge in [0.1, 0.15) is 6.61 Å². The van der Waals surface area contributed by atoms with Crippen molar-refractivity contribution in [3.63, 3.8) is 0 Å². The Hall–Kier alpha value is -4.52. The van der Waals surface area contributed by atoms with E-state index in [0.29, 0.717) is 52.2 Å². The number of nitrogens with zero attached hydrogens (tertiary/aromatic N) is 3. The Morgan fingerprint density at radius 1 is 0.714 bits per heavy atom. The summed E-state index contributed by atoms with van der Waals surface area (Å²) in [4.78, 5) is 42.1. The van der Waals surface area contributed by atoms with Crippen molar-refractivity contribution in [1.29, 1.82) is 0 Å². The average Bonchev–Trinajstić information content (AvgIpc) is 3.78. The Morgan fingerprint density at radius 3 is 1.84 bits per heavy atom. The van der Waals surface area contributed by atoms with Gasteiger partial charge in [0, 0.05) is 61.0 Å². The molecular weight excluding hydrogens is 1010 g/mol. The summed E-state index contributed by atoms with van der Waals surface area (Å²) in [5.74, 6) is -3.50. The molecule has 5 rings (SSSR count). The number of hydrogen-bond acceptors (Lipinski definition) is 17. The minimum atomic E-state index is -4.76.